The first-order valence-electron chi connectivity index (χ1n) is 7.73. The number of rotatable bonds is 4. The van der Waals surface area contributed by atoms with E-state index in [2.05, 4.69) is 30.8 Å². The maximum atomic E-state index is 11.6. The van der Waals surface area contributed by atoms with Crippen LogP contribution in [0.15, 0.2) is 85.4 Å². The minimum Gasteiger partial charge on any atom is -0.465 e. The normalized spacial score (nSPS) is 10.2. The van der Waals surface area contributed by atoms with Gasteiger partial charge in [0.05, 0.1) is 12.7 Å². The number of ether oxygens (including phenoxy) is 1. The van der Waals surface area contributed by atoms with Crippen LogP contribution in [0.3, 0.4) is 0 Å². The first-order valence-corrected chi connectivity index (χ1v) is 7.73. The van der Waals surface area contributed by atoms with Gasteiger partial charge in [-0.3, -0.25) is 0 Å². The molecule has 24 heavy (non-hydrogen) atoms. The molecule has 0 unspecified atom stereocenters. The smallest absolute Gasteiger partial charge is 0.337 e. The van der Waals surface area contributed by atoms with Gasteiger partial charge in [-0.1, -0.05) is 73.3 Å². The third-order valence-corrected chi connectivity index (χ3v) is 3.99. The number of esters is 1. The predicted molar refractivity (Wildman–Crippen MR) is 97.8 cm³/mol. The zero-order valence-electron chi connectivity index (χ0n) is 13.5. The Labute approximate surface area is 142 Å². The number of hydrogen-bond donors (Lipinski definition) is 0. The highest BCUT2D eigenvalue weighted by Crippen LogP contribution is 2.31. The molecule has 3 aromatic rings. The number of benzene rings is 3. The van der Waals surface area contributed by atoms with Crippen molar-refractivity contribution in [2.45, 2.75) is 0 Å². The first-order chi connectivity index (χ1) is 11.7. The van der Waals surface area contributed by atoms with E-state index in [1.165, 1.54) is 7.11 Å². The van der Waals surface area contributed by atoms with E-state index >= 15 is 0 Å². The van der Waals surface area contributed by atoms with Crippen LogP contribution in [0.4, 0.5) is 0 Å². The second-order valence-electron chi connectivity index (χ2n) is 5.46. The number of methoxy groups -OCH3 is 1. The van der Waals surface area contributed by atoms with Crippen molar-refractivity contribution in [3.8, 4) is 11.1 Å². The van der Waals surface area contributed by atoms with E-state index in [4.69, 9.17) is 4.74 Å². The summed E-state index contributed by atoms with van der Waals surface area (Å²) >= 11 is 0. The molecule has 2 heteroatoms. The Balaban J connectivity index is 1.98. The lowest BCUT2D eigenvalue weighted by atomic mass is 9.91. The summed E-state index contributed by atoms with van der Waals surface area (Å²) in [5.41, 5.74) is 5.80. The molecule has 0 N–H and O–H groups in total. The van der Waals surface area contributed by atoms with Gasteiger partial charge in [0, 0.05) is 0 Å². The molecule has 0 aliphatic carbocycles. The molecule has 0 atom stereocenters. The predicted octanol–water partition coefficient (Wildman–Crippen LogP) is 5.20. The minimum atomic E-state index is -0.336. The molecule has 0 saturated carbocycles. The first kappa shape index (κ1) is 15.8. The molecule has 0 aliphatic rings. The zero-order valence-corrected chi connectivity index (χ0v) is 13.5. The van der Waals surface area contributed by atoms with Crippen LogP contribution >= 0.6 is 0 Å². The molecular weight excluding hydrogens is 296 g/mol. The van der Waals surface area contributed by atoms with Crippen molar-refractivity contribution < 1.29 is 9.53 Å². The van der Waals surface area contributed by atoms with E-state index in [0.717, 1.165) is 27.8 Å². The summed E-state index contributed by atoms with van der Waals surface area (Å²) in [5, 5.41) is 0. The zero-order chi connectivity index (χ0) is 16.9. The number of carbonyl (C=O) groups excluding carboxylic acids is 1. The second-order valence-corrected chi connectivity index (χ2v) is 5.46. The molecule has 0 aromatic heterocycles. The molecule has 3 rings (SSSR count). The Morgan fingerprint density at radius 1 is 0.792 bits per heavy atom. The van der Waals surface area contributed by atoms with Crippen molar-refractivity contribution >= 4 is 11.5 Å². The average Bonchev–Trinajstić information content (AvgIpc) is 2.67. The van der Waals surface area contributed by atoms with Gasteiger partial charge in [0.25, 0.3) is 0 Å². The van der Waals surface area contributed by atoms with Gasteiger partial charge >= 0.3 is 5.97 Å². The van der Waals surface area contributed by atoms with Crippen molar-refractivity contribution in [3.05, 3.63) is 102 Å². The molecule has 0 amide bonds. The Kier molecular flexibility index (Phi) is 4.57. The van der Waals surface area contributed by atoms with Crippen molar-refractivity contribution in [2.75, 3.05) is 7.11 Å². The molecule has 0 saturated heterocycles. The van der Waals surface area contributed by atoms with Crippen molar-refractivity contribution in [2.24, 2.45) is 0 Å². The lowest BCUT2D eigenvalue weighted by Gasteiger charge is -2.13. The van der Waals surface area contributed by atoms with Gasteiger partial charge in [0.1, 0.15) is 0 Å². The summed E-state index contributed by atoms with van der Waals surface area (Å²) in [6.07, 6.45) is 0. The fourth-order valence-corrected chi connectivity index (χ4v) is 2.70. The van der Waals surface area contributed by atoms with Crippen LogP contribution in [0, 0.1) is 0 Å². The van der Waals surface area contributed by atoms with Gasteiger partial charge in [0.2, 0.25) is 0 Å². The van der Waals surface area contributed by atoms with E-state index in [-0.39, 0.29) is 5.97 Å². The van der Waals surface area contributed by atoms with Gasteiger partial charge in [-0.2, -0.15) is 0 Å². The molecular formula is C22H18O2. The van der Waals surface area contributed by atoms with Gasteiger partial charge in [0.15, 0.2) is 0 Å². The summed E-state index contributed by atoms with van der Waals surface area (Å²) in [4.78, 5) is 11.6. The summed E-state index contributed by atoms with van der Waals surface area (Å²) in [6.45, 7) is 4.26. The van der Waals surface area contributed by atoms with Crippen LogP contribution in [-0.4, -0.2) is 13.1 Å². The fourth-order valence-electron chi connectivity index (χ4n) is 2.70. The van der Waals surface area contributed by atoms with Crippen LogP contribution < -0.4 is 0 Å². The highest BCUT2D eigenvalue weighted by molar-refractivity contribution is 5.91. The quantitative estimate of drug-likeness (QED) is 0.619. The molecule has 2 nitrogen and oxygen atoms in total. The molecule has 118 valence electrons. The SMILES string of the molecule is C=C(c1ccc(C(=O)OC)cc1)c1ccccc1-c1ccccc1. The number of hydrogen-bond acceptors (Lipinski definition) is 2. The monoisotopic (exact) mass is 314 g/mol. The van der Waals surface area contributed by atoms with Gasteiger partial charge in [-0.25, -0.2) is 4.79 Å². The van der Waals surface area contributed by atoms with Crippen molar-refractivity contribution in [1.29, 1.82) is 0 Å². The summed E-state index contributed by atoms with van der Waals surface area (Å²) in [5.74, 6) is -0.336. The van der Waals surface area contributed by atoms with Crippen LogP contribution in [-0.2, 0) is 4.74 Å². The van der Waals surface area contributed by atoms with E-state index < -0.39 is 0 Å². The summed E-state index contributed by atoms with van der Waals surface area (Å²) < 4.78 is 4.74. The highest BCUT2D eigenvalue weighted by Gasteiger charge is 2.10. The third-order valence-electron chi connectivity index (χ3n) is 3.99. The van der Waals surface area contributed by atoms with E-state index in [1.807, 2.05) is 42.5 Å². The van der Waals surface area contributed by atoms with Crippen molar-refractivity contribution in [1.82, 2.24) is 0 Å². The Morgan fingerprint density at radius 3 is 2.04 bits per heavy atom. The van der Waals surface area contributed by atoms with Crippen LogP contribution in [0.5, 0.6) is 0 Å². The van der Waals surface area contributed by atoms with Gasteiger partial charge < -0.3 is 4.74 Å². The second kappa shape index (κ2) is 6.97. The molecule has 3 aromatic carbocycles. The highest BCUT2D eigenvalue weighted by atomic mass is 16.5. The maximum Gasteiger partial charge on any atom is 0.337 e. The van der Waals surface area contributed by atoms with E-state index in [1.54, 1.807) is 12.1 Å². The summed E-state index contributed by atoms with van der Waals surface area (Å²) in [7, 11) is 1.38. The Bertz CT molecular complexity index is 862. The molecule has 0 aliphatic heterocycles. The lowest BCUT2D eigenvalue weighted by molar-refractivity contribution is 0.0600. The Hall–Kier alpha value is -3.13. The lowest BCUT2D eigenvalue weighted by Crippen LogP contribution is -2.01. The molecule has 0 radical (unpaired) electrons. The largest absolute Gasteiger partial charge is 0.465 e. The van der Waals surface area contributed by atoms with E-state index in [0.29, 0.717) is 5.56 Å². The van der Waals surface area contributed by atoms with Crippen LogP contribution in [0.1, 0.15) is 21.5 Å². The van der Waals surface area contributed by atoms with E-state index in [9.17, 15) is 4.79 Å². The van der Waals surface area contributed by atoms with Crippen LogP contribution in [0.2, 0.25) is 0 Å². The molecule has 0 spiro atoms. The average molecular weight is 314 g/mol. The topological polar surface area (TPSA) is 26.3 Å². The van der Waals surface area contributed by atoms with Crippen LogP contribution in [0.25, 0.3) is 16.7 Å². The maximum absolute atomic E-state index is 11.6. The molecule has 0 fully saturated rings. The Morgan fingerprint density at radius 2 is 1.38 bits per heavy atom. The minimum absolute atomic E-state index is 0.336. The number of carbonyl (C=O) groups is 1. The summed E-state index contributed by atoms with van der Waals surface area (Å²) in [6, 6.07) is 25.8. The fraction of sp³-hybridized carbons (Fsp3) is 0.0455. The standard InChI is InChI=1S/C22H18O2/c1-16(17-12-14-19(15-13-17)22(23)24-2)20-10-6-7-11-21(20)18-8-4-3-5-9-18/h3-15H,1H2,2H3. The third kappa shape index (κ3) is 3.13. The molecule has 0 bridgehead atoms. The van der Waals surface area contributed by atoms with Gasteiger partial charge in [-0.05, 0) is 40.0 Å². The van der Waals surface area contributed by atoms with Crippen molar-refractivity contribution in [3.63, 3.8) is 0 Å². The molecule has 0 heterocycles. The van der Waals surface area contributed by atoms with Gasteiger partial charge in [-0.15, -0.1) is 0 Å².